The third-order valence-electron chi connectivity index (χ3n) is 7.13. The highest BCUT2D eigenvalue weighted by molar-refractivity contribution is 5.97. The van der Waals surface area contributed by atoms with Crippen LogP contribution in [0, 0.1) is 11.3 Å². The van der Waals surface area contributed by atoms with Crippen LogP contribution in [-0.4, -0.2) is 61.6 Å². The van der Waals surface area contributed by atoms with Gasteiger partial charge in [-0.05, 0) is 61.7 Å². The number of rotatable bonds is 11. The maximum Gasteiger partial charge on any atom is 0.169 e. The molecule has 0 radical (unpaired) electrons. The number of hydrogen-bond acceptors (Lipinski definition) is 9. The molecular weight excluding hydrogens is 520 g/mol. The van der Waals surface area contributed by atoms with E-state index in [1.165, 1.54) is 0 Å². The van der Waals surface area contributed by atoms with Gasteiger partial charge in [-0.3, -0.25) is 4.98 Å². The molecule has 0 spiro atoms. The van der Waals surface area contributed by atoms with E-state index in [0.29, 0.717) is 52.1 Å². The molecule has 0 atom stereocenters. The third-order valence-corrected chi connectivity index (χ3v) is 7.13. The molecule has 2 N–H and O–H groups in total. The smallest absolute Gasteiger partial charge is 0.169 e. The third kappa shape index (κ3) is 6.80. The molecule has 5 rings (SSSR count). The molecule has 2 heterocycles. The minimum Gasteiger partial charge on any atom is -0.493 e. The summed E-state index contributed by atoms with van der Waals surface area (Å²) in [7, 11) is 3.21. The monoisotopic (exact) mass is 554 g/mol. The Morgan fingerprint density at radius 3 is 2.41 bits per heavy atom. The molecule has 9 heteroatoms. The topological polar surface area (TPSA) is 109 Å². The summed E-state index contributed by atoms with van der Waals surface area (Å²) in [6.07, 6.45) is 3.90. The summed E-state index contributed by atoms with van der Waals surface area (Å²) in [5.74, 6) is 3.10. The number of piperidine rings is 1. The number of ether oxygens (including phenoxy) is 4. The van der Waals surface area contributed by atoms with Gasteiger partial charge in [0.2, 0.25) is 0 Å². The van der Waals surface area contributed by atoms with Crippen LogP contribution in [-0.2, 0) is 0 Å². The van der Waals surface area contributed by atoms with Gasteiger partial charge in [0.25, 0.3) is 0 Å². The zero-order chi connectivity index (χ0) is 28.6. The van der Waals surface area contributed by atoms with Crippen LogP contribution in [0.15, 0.2) is 66.9 Å². The molecule has 0 amide bonds. The summed E-state index contributed by atoms with van der Waals surface area (Å²) >= 11 is 0. The summed E-state index contributed by atoms with van der Waals surface area (Å²) in [6, 6.07) is 20.9. The molecule has 4 aromatic rings. The van der Waals surface area contributed by atoms with E-state index in [9.17, 15) is 10.4 Å². The minimum atomic E-state index is -0.171. The normalized spacial score (nSPS) is 13.9. The molecule has 1 aliphatic rings. The molecule has 1 aliphatic heterocycles. The molecule has 0 unspecified atom stereocenters. The van der Waals surface area contributed by atoms with Crippen LogP contribution in [0.5, 0.6) is 28.7 Å². The molecule has 0 saturated carbocycles. The molecule has 0 bridgehead atoms. The van der Waals surface area contributed by atoms with Crippen LogP contribution < -0.4 is 24.3 Å². The van der Waals surface area contributed by atoms with Gasteiger partial charge < -0.3 is 34.3 Å². The Balaban J connectivity index is 1.31. The lowest BCUT2D eigenvalue weighted by Crippen LogP contribution is -2.36. The minimum absolute atomic E-state index is 0.171. The number of pyridine rings is 1. The van der Waals surface area contributed by atoms with Crippen LogP contribution in [0.3, 0.4) is 0 Å². The van der Waals surface area contributed by atoms with Crippen LogP contribution in [0.4, 0.5) is 11.4 Å². The first-order chi connectivity index (χ1) is 20.1. The maximum absolute atomic E-state index is 9.82. The van der Waals surface area contributed by atoms with E-state index in [4.69, 9.17) is 18.9 Å². The van der Waals surface area contributed by atoms with E-state index in [2.05, 4.69) is 21.3 Å². The SMILES string of the molecule is COc1cc2c(Nc3ccc(Oc4ccccc4OC)cc3)c(C#N)cnc2cc1OCCCN1CCC(O)CC1. The van der Waals surface area contributed by atoms with Crippen molar-refractivity contribution in [2.45, 2.75) is 25.4 Å². The van der Waals surface area contributed by atoms with Gasteiger partial charge in [0.05, 0.1) is 43.7 Å². The molecule has 1 fully saturated rings. The zero-order valence-corrected chi connectivity index (χ0v) is 23.3. The predicted octanol–water partition coefficient (Wildman–Crippen LogP) is 5.89. The lowest BCUT2D eigenvalue weighted by Gasteiger charge is -2.29. The maximum atomic E-state index is 9.82. The van der Waals surface area contributed by atoms with E-state index in [0.717, 1.165) is 50.0 Å². The number of aliphatic hydroxyl groups is 1. The predicted molar refractivity (Wildman–Crippen MR) is 158 cm³/mol. The quantitative estimate of drug-likeness (QED) is 0.220. The summed E-state index contributed by atoms with van der Waals surface area (Å²) in [5.41, 5.74) is 2.51. The zero-order valence-electron chi connectivity index (χ0n) is 23.3. The van der Waals surface area contributed by atoms with Gasteiger partial charge in [0, 0.05) is 43.0 Å². The number of para-hydroxylation sites is 2. The summed E-state index contributed by atoms with van der Waals surface area (Å²) < 4.78 is 23.1. The van der Waals surface area contributed by atoms with Crippen molar-refractivity contribution in [3.8, 4) is 34.8 Å². The van der Waals surface area contributed by atoms with Crippen molar-refractivity contribution in [2.75, 3.05) is 45.8 Å². The first-order valence-electron chi connectivity index (χ1n) is 13.7. The number of methoxy groups -OCH3 is 2. The van der Waals surface area contributed by atoms with Crippen LogP contribution >= 0.6 is 0 Å². The van der Waals surface area contributed by atoms with E-state index >= 15 is 0 Å². The number of benzene rings is 3. The van der Waals surface area contributed by atoms with Crippen molar-refractivity contribution in [3.63, 3.8) is 0 Å². The number of likely N-dealkylation sites (tertiary alicyclic amines) is 1. The first kappa shape index (κ1) is 28.0. The fourth-order valence-corrected chi connectivity index (χ4v) is 4.89. The molecule has 41 heavy (non-hydrogen) atoms. The van der Waals surface area contributed by atoms with Gasteiger partial charge in [-0.2, -0.15) is 5.26 Å². The molecule has 3 aromatic carbocycles. The highest BCUT2D eigenvalue weighted by Gasteiger charge is 2.17. The molecular formula is C32H34N4O5. The van der Waals surface area contributed by atoms with Gasteiger partial charge in [0.15, 0.2) is 23.0 Å². The van der Waals surface area contributed by atoms with Crippen molar-refractivity contribution in [1.82, 2.24) is 9.88 Å². The van der Waals surface area contributed by atoms with Gasteiger partial charge in [-0.25, -0.2) is 0 Å². The Morgan fingerprint density at radius 2 is 1.71 bits per heavy atom. The van der Waals surface area contributed by atoms with Crippen molar-refractivity contribution in [3.05, 3.63) is 72.4 Å². The highest BCUT2D eigenvalue weighted by Crippen LogP contribution is 2.38. The number of anilines is 2. The number of aromatic nitrogens is 1. The number of nitrogens with one attached hydrogen (secondary N) is 1. The first-order valence-corrected chi connectivity index (χ1v) is 13.7. The Morgan fingerprint density at radius 1 is 0.976 bits per heavy atom. The summed E-state index contributed by atoms with van der Waals surface area (Å²) in [6.45, 7) is 3.28. The Kier molecular flexibility index (Phi) is 9.04. The molecule has 1 aromatic heterocycles. The fourth-order valence-electron chi connectivity index (χ4n) is 4.89. The summed E-state index contributed by atoms with van der Waals surface area (Å²) in [4.78, 5) is 6.87. The number of fused-ring (bicyclic) bond motifs is 1. The lowest BCUT2D eigenvalue weighted by molar-refractivity contribution is 0.0799. The average molecular weight is 555 g/mol. The largest absolute Gasteiger partial charge is 0.493 e. The van der Waals surface area contributed by atoms with Crippen LogP contribution in [0.1, 0.15) is 24.8 Å². The number of nitrogens with zero attached hydrogens (tertiary/aromatic N) is 3. The van der Waals surface area contributed by atoms with Gasteiger partial charge >= 0.3 is 0 Å². The van der Waals surface area contributed by atoms with E-state index in [-0.39, 0.29) is 6.10 Å². The lowest BCUT2D eigenvalue weighted by atomic mass is 10.1. The molecule has 9 nitrogen and oxygen atoms in total. The molecule has 212 valence electrons. The van der Waals surface area contributed by atoms with Crippen LogP contribution in [0.25, 0.3) is 10.9 Å². The van der Waals surface area contributed by atoms with Crippen LogP contribution in [0.2, 0.25) is 0 Å². The number of nitriles is 1. The van der Waals surface area contributed by atoms with E-state index in [1.807, 2.05) is 60.7 Å². The second-order valence-corrected chi connectivity index (χ2v) is 9.86. The van der Waals surface area contributed by atoms with Gasteiger partial charge in [-0.15, -0.1) is 0 Å². The highest BCUT2D eigenvalue weighted by atomic mass is 16.5. The summed E-state index contributed by atoms with van der Waals surface area (Å²) in [5, 5.41) is 23.7. The van der Waals surface area contributed by atoms with E-state index < -0.39 is 0 Å². The van der Waals surface area contributed by atoms with Crippen molar-refractivity contribution < 1.29 is 24.1 Å². The standard InChI is InChI=1S/C32H34N4O5/c1-38-28-6-3-4-7-29(28)41-25-10-8-23(9-11-25)35-32-22(20-33)21-34-27-19-31(30(39-2)18-26(27)32)40-17-5-14-36-15-12-24(37)13-16-36/h3-4,6-11,18-19,21,24,37H,5,12-17H2,1-2H3,(H,34,35). The Bertz CT molecular complexity index is 1510. The second-order valence-electron chi connectivity index (χ2n) is 9.86. The van der Waals surface area contributed by atoms with Crippen molar-refractivity contribution in [2.24, 2.45) is 0 Å². The average Bonchev–Trinajstić information content (AvgIpc) is 3.01. The van der Waals surface area contributed by atoms with E-state index in [1.54, 1.807) is 20.4 Å². The molecule has 1 saturated heterocycles. The number of aliphatic hydroxyl groups excluding tert-OH is 1. The van der Waals surface area contributed by atoms with Crippen molar-refractivity contribution in [1.29, 1.82) is 5.26 Å². The fraction of sp³-hybridized carbons (Fsp3) is 0.312. The Hall–Kier alpha value is -4.52. The van der Waals surface area contributed by atoms with Gasteiger partial charge in [0.1, 0.15) is 11.8 Å². The van der Waals surface area contributed by atoms with Crippen molar-refractivity contribution >= 4 is 22.3 Å². The second kappa shape index (κ2) is 13.2. The molecule has 0 aliphatic carbocycles. The number of hydrogen-bond donors (Lipinski definition) is 2. The Labute approximate surface area is 239 Å². The van der Waals surface area contributed by atoms with Gasteiger partial charge in [-0.1, -0.05) is 12.1 Å².